The van der Waals surface area contributed by atoms with Gasteiger partial charge >= 0.3 is 6.03 Å². The van der Waals surface area contributed by atoms with Crippen LogP contribution >= 0.6 is 11.8 Å². The van der Waals surface area contributed by atoms with E-state index < -0.39 is 18.3 Å². The Bertz CT molecular complexity index is 2570. The molecule has 0 spiro atoms. The summed E-state index contributed by atoms with van der Waals surface area (Å²) in [6.07, 6.45) is -0.745. The van der Waals surface area contributed by atoms with E-state index in [1.165, 1.54) is 0 Å². The number of benzene rings is 7. The van der Waals surface area contributed by atoms with Gasteiger partial charge in [-0.05, 0) is 76.1 Å². The van der Waals surface area contributed by atoms with Gasteiger partial charge in [-0.2, -0.15) is 0 Å². The van der Waals surface area contributed by atoms with Crippen molar-refractivity contribution < 1.29 is 33.2 Å². The number of rotatable bonds is 22. The van der Waals surface area contributed by atoms with Gasteiger partial charge in [0.05, 0.1) is 43.5 Å². The first-order valence-corrected chi connectivity index (χ1v) is 25.1. The molecule has 364 valence electrons. The first-order valence-electron chi connectivity index (χ1n) is 24.2. The molecule has 2 N–H and O–H groups in total. The molecule has 1 saturated heterocycles. The van der Waals surface area contributed by atoms with Crippen molar-refractivity contribution in [1.82, 2.24) is 10.6 Å². The van der Waals surface area contributed by atoms with Gasteiger partial charge in [0.1, 0.15) is 36.4 Å². The van der Waals surface area contributed by atoms with E-state index in [4.69, 9.17) is 28.4 Å². The Morgan fingerprint density at radius 3 is 1.51 bits per heavy atom. The van der Waals surface area contributed by atoms with Gasteiger partial charge < -0.3 is 39.1 Å². The predicted octanol–water partition coefficient (Wildman–Crippen LogP) is 12.6. The van der Waals surface area contributed by atoms with Crippen LogP contribution in [-0.2, 0) is 58.4 Å². The molecule has 1 fully saturated rings. The molecule has 10 heteroatoms. The molecular weight excluding hydrogens is 893 g/mol. The van der Waals surface area contributed by atoms with Crippen LogP contribution in [0.4, 0.5) is 4.79 Å². The minimum absolute atomic E-state index is 0.0605. The lowest BCUT2D eigenvalue weighted by atomic mass is 9.91. The summed E-state index contributed by atoms with van der Waals surface area (Å²) in [5.74, 6) is 1.46. The van der Waals surface area contributed by atoms with E-state index in [0.29, 0.717) is 51.8 Å². The number of nitrogens with one attached hydrogen (secondary N) is 2. The summed E-state index contributed by atoms with van der Waals surface area (Å²) < 4.78 is 40.9. The summed E-state index contributed by atoms with van der Waals surface area (Å²) in [5.41, 5.74) is 9.78. The van der Waals surface area contributed by atoms with Crippen LogP contribution in [0.3, 0.4) is 0 Å². The SMILES string of the molecule is CC.CNC(=O)NCOc1ccc(Cc2cc([C@@H]3S[C@H](COCc4ccccc4)[C@@H](OCc4ccccc4)[C@H](OCc4ccccc4)[C@H]3OCc3ccccc3)c(OCc3ccccc3)cc2C)cc1. The third-order valence-corrected chi connectivity index (χ3v) is 13.5. The van der Waals surface area contributed by atoms with E-state index in [0.717, 1.165) is 55.8 Å². The highest BCUT2D eigenvalue weighted by Gasteiger charge is 2.49. The fourth-order valence-corrected chi connectivity index (χ4v) is 9.91. The van der Waals surface area contributed by atoms with Crippen LogP contribution in [0.25, 0.3) is 0 Å². The fraction of sp³-hybridized carbons (Fsp3) is 0.283. The average molecular weight is 959 g/mol. The van der Waals surface area contributed by atoms with Crippen LogP contribution in [-0.4, -0.2) is 50.0 Å². The summed E-state index contributed by atoms with van der Waals surface area (Å²) in [4.78, 5) is 11.7. The zero-order valence-electron chi connectivity index (χ0n) is 40.7. The fourth-order valence-electron chi connectivity index (χ4n) is 8.25. The van der Waals surface area contributed by atoms with Gasteiger partial charge in [0.25, 0.3) is 0 Å². The highest BCUT2D eigenvalue weighted by atomic mass is 32.2. The maximum absolute atomic E-state index is 11.7. The van der Waals surface area contributed by atoms with E-state index >= 15 is 0 Å². The molecule has 0 saturated carbocycles. The molecule has 8 rings (SSSR count). The molecule has 7 aromatic rings. The third kappa shape index (κ3) is 15.3. The van der Waals surface area contributed by atoms with Crippen molar-refractivity contribution in [3.63, 3.8) is 0 Å². The molecular formula is C60H66N2O7S. The number of hydrogen-bond donors (Lipinski definition) is 2. The van der Waals surface area contributed by atoms with Crippen molar-refractivity contribution in [2.75, 3.05) is 20.4 Å². The molecule has 0 aliphatic carbocycles. The highest BCUT2D eigenvalue weighted by molar-refractivity contribution is 8.00. The van der Waals surface area contributed by atoms with Gasteiger partial charge in [0, 0.05) is 12.6 Å². The van der Waals surface area contributed by atoms with Crippen molar-refractivity contribution in [1.29, 1.82) is 0 Å². The monoisotopic (exact) mass is 958 g/mol. The van der Waals surface area contributed by atoms with Crippen LogP contribution in [0.5, 0.6) is 11.5 Å². The number of thioether (sulfide) groups is 1. The molecule has 1 heterocycles. The second kappa shape index (κ2) is 27.7. The normalized spacial score (nSPS) is 17.4. The second-order valence-corrected chi connectivity index (χ2v) is 18.2. The lowest BCUT2D eigenvalue weighted by Crippen LogP contribution is -2.54. The van der Waals surface area contributed by atoms with Crippen molar-refractivity contribution in [3.8, 4) is 11.5 Å². The number of carbonyl (C=O) groups is 1. The maximum atomic E-state index is 11.7. The Morgan fingerprint density at radius 2 is 1.00 bits per heavy atom. The van der Waals surface area contributed by atoms with Gasteiger partial charge in [-0.3, -0.25) is 0 Å². The van der Waals surface area contributed by atoms with E-state index in [9.17, 15) is 4.79 Å². The smallest absolute Gasteiger partial charge is 0.317 e. The quantitative estimate of drug-likeness (QED) is 0.0649. The summed E-state index contributed by atoms with van der Waals surface area (Å²) in [7, 11) is 1.57. The first-order chi connectivity index (χ1) is 34.5. The summed E-state index contributed by atoms with van der Waals surface area (Å²) in [6.45, 7) is 8.63. The van der Waals surface area contributed by atoms with Gasteiger partial charge in [-0.1, -0.05) is 184 Å². The Hall–Kier alpha value is -6.40. The molecule has 0 aromatic heterocycles. The van der Waals surface area contributed by atoms with E-state index in [1.54, 1.807) is 7.05 Å². The molecule has 5 atom stereocenters. The zero-order valence-corrected chi connectivity index (χ0v) is 41.5. The zero-order chi connectivity index (χ0) is 48.8. The maximum Gasteiger partial charge on any atom is 0.317 e. The minimum atomic E-state index is -0.517. The number of amides is 2. The predicted molar refractivity (Wildman–Crippen MR) is 281 cm³/mol. The van der Waals surface area contributed by atoms with Crippen LogP contribution in [0.2, 0.25) is 0 Å². The average Bonchev–Trinajstić information content (AvgIpc) is 3.41. The Kier molecular flexibility index (Phi) is 20.4. The van der Waals surface area contributed by atoms with Crippen LogP contribution < -0.4 is 20.1 Å². The summed E-state index contributed by atoms with van der Waals surface area (Å²) in [6, 6.07) is 63.7. The van der Waals surface area contributed by atoms with Crippen LogP contribution in [0, 0.1) is 6.92 Å². The van der Waals surface area contributed by atoms with E-state index in [1.807, 2.05) is 129 Å². The van der Waals surface area contributed by atoms with Gasteiger partial charge in [0.2, 0.25) is 0 Å². The van der Waals surface area contributed by atoms with Crippen molar-refractivity contribution >= 4 is 17.8 Å². The molecule has 0 bridgehead atoms. The topological polar surface area (TPSA) is 96.5 Å². The van der Waals surface area contributed by atoms with Crippen LogP contribution in [0.1, 0.15) is 69.2 Å². The largest absolute Gasteiger partial charge is 0.489 e. The van der Waals surface area contributed by atoms with Crippen molar-refractivity contribution in [2.24, 2.45) is 0 Å². The minimum Gasteiger partial charge on any atom is -0.489 e. The number of hydrogen-bond acceptors (Lipinski definition) is 8. The van der Waals surface area contributed by atoms with Crippen molar-refractivity contribution in [3.05, 3.63) is 238 Å². The molecule has 9 nitrogen and oxygen atoms in total. The highest BCUT2D eigenvalue weighted by Crippen LogP contribution is 2.50. The number of aryl methyl sites for hydroxylation is 1. The Balaban J connectivity index is 0.00000356. The first kappa shape index (κ1) is 51.5. The molecule has 0 unspecified atom stereocenters. The van der Waals surface area contributed by atoms with Gasteiger partial charge in [-0.25, -0.2) is 4.79 Å². The van der Waals surface area contributed by atoms with E-state index in [-0.39, 0.29) is 23.3 Å². The number of ether oxygens (including phenoxy) is 6. The molecule has 0 radical (unpaired) electrons. The number of urea groups is 1. The van der Waals surface area contributed by atoms with Gasteiger partial charge in [-0.15, -0.1) is 11.8 Å². The molecule has 70 heavy (non-hydrogen) atoms. The summed E-state index contributed by atoms with van der Waals surface area (Å²) in [5, 5.41) is 4.77. The lowest BCUT2D eigenvalue weighted by molar-refractivity contribution is -0.160. The van der Waals surface area contributed by atoms with Gasteiger partial charge in [0.15, 0.2) is 6.73 Å². The standard InChI is InChI=1S/C58H60N2O7S.C2H6/c1-42-32-52(63-36-45-20-10-4-11-21-45)51(34-49(42)33-43-28-30-50(31-29-43)67-41-60-58(61)59-2)57-56(66-39-48-26-16-7-17-27-48)55(65-38-47-24-14-6-15-25-47)54(64-37-46-22-12-5-13-23-46)53(68-57)40-62-35-44-18-8-3-9-19-44;1-2/h3-32,34,53-57H,33,35-41H2,1-2H3,(H2,59,60,61);1-2H3/t53-,54-,55+,56-,57+;/m1./s1. The van der Waals surface area contributed by atoms with E-state index in [2.05, 4.69) is 102 Å². The lowest BCUT2D eigenvalue weighted by Gasteiger charge is -2.46. The Morgan fingerprint density at radius 1 is 0.529 bits per heavy atom. The molecule has 1 aliphatic heterocycles. The summed E-state index contributed by atoms with van der Waals surface area (Å²) >= 11 is 1.82. The molecule has 2 amide bonds. The molecule has 1 aliphatic rings. The second-order valence-electron chi connectivity index (χ2n) is 16.8. The van der Waals surface area contributed by atoms with Crippen LogP contribution in [0.15, 0.2) is 188 Å². The van der Waals surface area contributed by atoms with Crippen molar-refractivity contribution in [2.45, 2.75) is 89.0 Å². The molecule has 7 aromatic carbocycles. The Labute approximate surface area is 418 Å². The number of carbonyl (C=O) groups excluding carboxylic acids is 1. The third-order valence-electron chi connectivity index (χ3n) is 11.9.